The Morgan fingerprint density at radius 3 is 2.57 bits per heavy atom. The summed E-state index contributed by atoms with van der Waals surface area (Å²) in [6.45, 7) is 3.00. The zero-order chi connectivity index (χ0) is 10.4. The van der Waals surface area contributed by atoms with Crippen molar-refractivity contribution < 1.29 is 4.79 Å². The lowest BCUT2D eigenvalue weighted by Gasteiger charge is -2.25. The quantitative estimate of drug-likeness (QED) is 0.569. The van der Waals surface area contributed by atoms with Crippen LogP contribution < -0.4 is 5.32 Å². The molecule has 0 saturated heterocycles. The summed E-state index contributed by atoms with van der Waals surface area (Å²) >= 11 is 5.54. The third-order valence-electron chi connectivity index (χ3n) is 3.00. The van der Waals surface area contributed by atoms with Crippen molar-refractivity contribution in [2.45, 2.75) is 39.0 Å². The summed E-state index contributed by atoms with van der Waals surface area (Å²) in [7, 11) is 0. The molecule has 2 nitrogen and oxygen atoms in total. The molecular formula is C11H20ClNO. The van der Waals surface area contributed by atoms with Gasteiger partial charge in [-0.15, -0.1) is 11.6 Å². The van der Waals surface area contributed by atoms with E-state index in [-0.39, 0.29) is 11.8 Å². The molecule has 0 unspecified atom stereocenters. The fraction of sp³-hybridized carbons (Fsp3) is 0.909. The molecular weight excluding hydrogens is 198 g/mol. The number of carbonyl (C=O) groups is 1. The molecule has 3 heteroatoms. The molecule has 1 fully saturated rings. The molecule has 1 N–H and O–H groups in total. The van der Waals surface area contributed by atoms with E-state index in [0.717, 1.165) is 31.7 Å². The van der Waals surface area contributed by atoms with Gasteiger partial charge in [-0.3, -0.25) is 4.79 Å². The molecule has 14 heavy (non-hydrogen) atoms. The summed E-state index contributed by atoms with van der Waals surface area (Å²) in [6, 6.07) is 0. The number of alkyl halides is 1. The van der Waals surface area contributed by atoms with E-state index in [1.807, 2.05) is 0 Å². The van der Waals surface area contributed by atoms with Gasteiger partial charge in [-0.2, -0.15) is 0 Å². The highest BCUT2D eigenvalue weighted by atomic mass is 35.5. The first kappa shape index (κ1) is 11.8. The summed E-state index contributed by atoms with van der Waals surface area (Å²) in [5.74, 6) is 1.94. The summed E-state index contributed by atoms with van der Waals surface area (Å²) in [5.41, 5.74) is 0. The second-order valence-electron chi connectivity index (χ2n) is 4.29. The minimum atomic E-state index is 0.238. The number of nitrogens with one attached hydrogen (secondary N) is 1. The zero-order valence-corrected chi connectivity index (χ0v) is 9.65. The number of rotatable bonds is 4. The Bertz CT molecular complexity index is 176. The second kappa shape index (κ2) is 6.28. The lowest BCUT2D eigenvalue weighted by Crippen LogP contribution is -2.33. The molecule has 1 aliphatic carbocycles. The van der Waals surface area contributed by atoms with E-state index < -0.39 is 0 Å². The number of hydrogen-bond donors (Lipinski definition) is 1. The van der Waals surface area contributed by atoms with Gasteiger partial charge in [-0.25, -0.2) is 0 Å². The molecule has 0 radical (unpaired) electrons. The van der Waals surface area contributed by atoms with Crippen LogP contribution in [0.3, 0.4) is 0 Å². The van der Waals surface area contributed by atoms with Crippen LogP contribution in [0.2, 0.25) is 0 Å². The maximum atomic E-state index is 11.6. The maximum Gasteiger partial charge on any atom is 0.223 e. The molecule has 1 aliphatic rings. The highest BCUT2D eigenvalue weighted by Crippen LogP contribution is 2.28. The molecule has 1 saturated carbocycles. The van der Waals surface area contributed by atoms with Crippen LogP contribution in [0.15, 0.2) is 0 Å². The minimum Gasteiger partial charge on any atom is -0.356 e. The summed E-state index contributed by atoms with van der Waals surface area (Å²) in [4.78, 5) is 11.6. The molecule has 0 spiro atoms. The van der Waals surface area contributed by atoms with Crippen molar-refractivity contribution in [3.8, 4) is 0 Å². The van der Waals surface area contributed by atoms with Gasteiger partial charge in [0.05, 0.1) is 0 Å². The van der Waals surface area contributed by atoms with Gasteiger partial charge >= 0.3 is 0 Å². The van der Waals surface area contributed by atoms with Crippen molar-refractivity contribution in [3.63, 3.8) is 0 Å². The number of hydrogen-bond acceptors (Lipinski definition) is 1. The lowest BCUT2D eigenvalue weighted by atomic mass is 9.82. The Kier molecular flexibility index (Phi) is 5.31. The van der Waals surface area contributed by atoms with Crippen molar-refractivity contribution in [3.05, 3.63) is 0 Å². The molecule has 0 aromatic rings. The Morgan fingerprint density at radius 1 is 1.36 bits per heavy atom. The van der Waals surface area contributed by atoms with Crippen molar-refractivity contribution in [2.75, 3.05) is 12.4 Å². The third-order valence-corrected chi connectivity index (χ3v) is 3.26. The van der Waals surface area contributed by atoms with Crippen molar-refractivity contribution in [1.82, 2.24) is 5.32 Å². The van der Waals surface area contributed by atoms with Crippen LogP contribution >= 0.6 is 11.6 Å². The van der Waals surface area contributed by atoms with Gasteiger partial charge in [0.2, 0.25) is 5.91 Å². The van der Waals surface area contributed by atoms with E-state index in [4.69, 9.17) is 11.6 Å². The van der Waals surface area contributed by atoms with Gasteiger partial charge in [-0.1, -0.05) is 6.92 Å². The smallest absolute Gasteiger partial charge is 0.223 e. The molecule has 0 aromatic carbocycles. The Hall–Kier alpha value is -0.240. The van der Waals surface area contributed by atoms with Crippen LogP contribution in [-0.2, 0) is 4.79 Å². The molecule has 0 aliphatic heterocycles. The second-order valence-corrected chi connectivity index (χ2v) is 4.67. The predicted molar refractivity (Wildman–Crippen MR) is 59.5 cm³/mol. The van der Waals surface area contributed by atoms with Crippen molar-refractivity contribution in [1.29, 1.82) is 0 Å². The van der Waals surface area contributed by atoms with Crippen molar-refractivity contribution in [2.24, 2.45) is 11.8 Å². The average molecular weight is 218 g/mol. The van der Waals surface area contributed by atoms with Gasteiger partial charge in [0.15, 0.2) is 0 Å². The Morgan fingerprint density at radius 2 is 2.00 bits per heavy atom. The summed E-state index contributed by atoms with van der Waals surface area (Å²) < 4.78 is 0. The van der Waals surface area contributed by atoms with Crippen LogP contribution in [0.1, 0.15) is 39.0 Å². The van der Waals surface area contributed by atoms with Gasteiger partial charge in [0.1, 0.15) is 0 Å². The van der Waals surface area contributed by atoms with Gasteiger partial charge in [0, 0.05) is 18.3 Å². The number of amides is 1. The van der Waals surface area contributed by atoms with E-state index in [0.29, 0.717) is 5.88 Å². The number of carbonyl (C=O) groups excluding carboxylic acids is 1. The first-order valence-corrected chi connectivity index (χ1v) is 6.11. The predicted octanol–water partition coefficient (Wildman–Crippen LogP) is 2.56. The van der Waals surface area contributed by atoms with E-state index in [1.165, 1.54) is 12.8 Å². The van der Waals surface area contributed by atoms with Crippen molar-refractivity contribution >= 4 is 17.5 Å². The highest BCUT2D eigenvalue weighted by Gasteiger charge is 2.23. The first-order chi connectivity index (χ1) is 6.74. The lowest BCUT2D eigenvalue weighted by molar-refractivity contribution is -0.126. The first-order valence-electron chi connectivity index (χ1n) is 5.57. The Balaban J connectivity index is 2.17. The topological polar surface area (TPSA) is 29.1 Å². The highest BCUT2D eigenvalue weighted by molar-refractivity contribution is 6.17. The van der Waals surface area contributed by atoms with Crippen LogP contribution in [0.25, 0.3) is 0 Å². The molecule has 0 bridgehead atoms. The van der Waals surface area contributed by atoms with Crippen LogP contribution in [0.4, 0.5) is 0 Å². The maximum absolute atomic E-state index is 11.6. The molecule has 0 heterocycles. The largest absolute Gasteiger partial charge is 0.356 e. The minimum absolute atomic E-state index is 0.238. The van der Waals surface area contributed by atoms with E-state index >= 15 is 0 Å². The standard InChI is InChI=1S/C11H20ClNO/c1-9-3-5-10(6-4-9)11(14)13-8-2-7-12/h9-10H,2-8H2,1H3,(H,13,14). The molecule has 0 atom stereocenters. The monoisotopic (exact) mass is 217 g/mol. The van der Waals surface area contributed by atoms with E-state index in [2.05, 4.69) is 12.2 Å². The van der Waals surface area contributed by atoms with E-state index in [1.54, 1.807) is 0 Å². The normalized spacial score (nSPS) is 27.3. The SMILES string of the molecule is CC1CCC(C(=O)NCCCCl)CC1. The molecule has 1 amide bonds. The molecule has 82 valence electrons. The zero-order valence-electron chi connectivity index (χ0n) is 8.89. The average Bonchev–Trinajstić information content (AvgIpc) is 2.19. The van der Waals surface area contributed by atoms with Gasteiger partial charge in [-0.05, 0) is 38.0 Å². The molecule has 0 aromatic heterocycles. The van der Waals surface area contributed by atoms with Crippen LogP contribution in [-0.4, -0.2) is 18.3 Å². The van der Waals surface area contributed by atoms with Crippen LogP contribution in [0.5, 0.6) is 0 Å². The fourth-order valence-electron chi connectivity index (χ4n) is 1.95. The fourth-order valence-corrected chi connectivity index (χ4v) is 2.08. The summed E-state index contributed by atoms with van der Waals surface area (Å²) in [5, 5.41) is 2.94. The number of halogens is 1. The Labute approximate surface area is 91.4 Å². The third kappa shape index (κ3) is 3.87. The molecule has 1 rings (SSSR count). The van der Waals surface area contributed by atoms with E-state index in [9.17, 15) is 4.79 Å². The van der Waals surface area contributed by atoms with Crippen LogP contribution in [0, 0.1) is 11.8 Å². The van der Waals surface area contributed by atoms with Gasteiger partial charge in [0.25, 0.3) is 0 Å². The summed E-state index contributed by atoms with van der Waals surface area (Å²) in [6.07, 6.45) is 5.40. The van der Waals surface area contributed by atoms with Gasteiger partial charge < -0.3 is 5.32 Å².